The molecule has 1 amide bonds. The molecule has 128 valence electrons. The average Bonchev–Trinajstić information content (AvgIpc) is 3.07. The van der Waals surface area contributed by atoms with E-state index in [0.717, 1.165) is 16.5 Å². The fourth-order valence-electron chi connectivity index (χ4n) is 3.38. The van der Waals surface area contributed by atoms with Crippen LogP contribution >= 0.6 is 0 Å². The van der Waals surface area contributed by atoms with E-state index in [1.807, 2.05) is 55.1 Å². The zero-order valence-electron chi connectivity index (χ0n) is 14.0. The first kappa shape index (κ1) is 16.8. The summed E-state index contributed by atoms with van der Waals surface area (Å²) in [6.07, 6.45) is 5.89. The molecule has 0 bridgehead atoms. The van der Waals surface area contributed by atoms with E-state index >= 15 is 0 Å². The van der Waals surface area contributed by atoms with Crippen molar-refractivity contribution in [3.8, 4) is 0 Å². The van der Waals surface area contributed by atoms with E-state index in [0.29, 0.717) is 13.0 Å². The number of benzene rings is 1. The number of fused-ring (bicyclic) bond motifs is 1. The van der Waals surface area contributed by atoms with Gasteiger partial charge in [0.15, 0.2) is 9.84 Å². The zero-order chi connectivity index (χ0) is 17.3. The lowest BCUT2D eigenvalue weighted by Crippen LogP contribution is -2.40. The highest BCUT2D eigenvalue weighted by Crippen LogP contribution is 2.22. The number of likely N-dealkylation sites (N-methyl/N-ethyl adjacent to an activating group) is 1. The van der Waals surface area contributed by atoms with Gasteiger partial charge >= 0.3 is 0 Å². The van der Waals surface area contributed by atoms with Crippen molar-refractivity contribution < 1.29 is 13.2 Å². The number of aryl methyl sites for hydroxylation is 1. The van der Waals surface area contributed by atoms with Gasteiger partial charge in [-0.2, -0.15) is 0 Å². The molecule has 1 aliphatic rings. The molecule has 6 heteroatoms. The Kier molecular flexibility index (Phi) is 4.49. The second kappa shape index (κ2) is 6.43. The molecular weight excluding hydrogens is 324 g/mol. The van der Waals surface area contributed by atoms with Gasteiger partial charge in [0.2, 0.25) is 5.91 Å². The van der Waals surface area contributed by atoms with Crippen LogP contribution in [0, 0.1) is 0 Å². The molecule has 2 heterocycles. The Hall–Kier alpha value is -2.08. The van der Waals surface area contributed by atoms with E-state index in [-0.39, 0.29) is 23.5 Å². The van der Waals surface area contributed by atoms with E-state index in [2.05, 4.69) is 0 Å². The number of amides is 1. The third-order valence-electron chi connectivity index (χ3n) is 4.61. The average molecular weight is 346 g/mol. The number of sulfone groups is 1. The van der Waals surface area contributed by atoms with Crippen LogP contribution in [0.4, 0.5) is 0 Å². The predicted molar refractivity (Wildman–Crippen MR) is 96.4 cm³/mol. The molecule has 0 spiro atoms. The minimum absolute atomic E-state index is 0.0781. The van der Waals surface area contributed by atoms with Crippen LogP contribution < -0.4 is 0 Å². The molecule has 0 N–H and O–H groups in total. The first-order valence-corrected chi connectivity index (χ1v) is 9.96. The number of hydrogen-bond acceptors (Lipinski definition) is 3. The highest BCUT2D eigenvalue weighted by Gasteiger charge is 2.33. The van der Waals surface area contributed by atoms with Crippen LogP contribution in [-0.2, 0) is 21.7 Å². The van der Waals surface area contributed by atoms with Crippen molar-refractivity contribution in [1.82, 2.24) is 9.47 Å². The van der Waals surface area contributed by atoms with Crippen molar-refractivity contribution in [2.45, 2.75) is 19.4 Å². The lowest BCUT2D eigenvalue weighted by atomic mass is 10.1. The van der Waals surface area contributed by atoms with Crippen LogP contribution in [0.15, 0.2) is 36.5 Å². The second-order valence-electron chi connectivity index (χ2n) is 6.23. The lowest BCUT2D eigenvalue weighted by molar-refractivity contribution is -0.127. The van der Waals surface area contributed by atoms with Crippen LogP contribution in [0.1, 0.15) is 18.9 Å². The Morgan fingerprint density at radius 1 is 1.38 bits per heavy atom. The number of carbonyl (C=O) groups is 1. The molecule has 1 atom stereocenters. The van der Waals surface area contributed by atoms with Gasteiger partial charge in [-0.1, -0.05) is 18.2 Å². The highest BCUT2D eigenvalue weighted by molar-refractivity contribution is 7.91. The molecule has 0 radical (unpaired) electrons. The summed E-state index contributed by atoms with van der Waals surface area (Å²) in [4.78, 5) is 14.2. The summed E-state index contributed by atoms with van der Waals surface area (Å²) < 4.78 is 25.3. The normalized spacial score (nSPS) is 20.0. The monoisotopic (exact) mass is 346 g/mol. The summed E-state index contributed by atoms with van der Waals surface area (Å²) in [5.41, 5.74) is 2.09. The van der Waals surface area contributed by atoms with Gasteiger partial charge in [-0.25, -0.2) is 8.42 Å². The highest BCUT2D eigenvalue weighted by atomic mass is 32.2. The van der Waals surface area contributed by atoms with Crippen molar-refractivity contribution in [2.24, 2.45) is 7.05 Å². The standard InChI is InChI=1S/C18H22N2O3S/c1-3-20(15-10-11-24(22,23)13-15)18(21)9-8-14-12-19(2)17-7-5-4-6-16(14)17/h4-9,12,15H,3,10-11,13H2,1-2H3/b9-8+. The van der Waals surface area contributed by atoms with E-state index < -0.39 is 9.84 Å². The summed E-state index contributed by atoms with van der Waals surface area (Å²) in [7, 11) is -1.02. The van der Waals surface area contributed by atoms with Gasteiger partial charge in [-0.3, -0.25) is 4.79 Å². The predicted octanol–water partition coefficient (Wildman–Crippen LogP) is 2.23. The molecule has 1 unspecified atom stereocenters. The van der Waals surface area contributed by atoms with Gasteiger partial charge in [0.25, 0.3) is 0 Å². The Bertz CT molecular complexity index is 896. The van der Waals surface area contributed by atoms with Gasteiger partial charge in [0.05, 0.1) is 11.5 Å². The van der Waals surface area contributed by atoms with Gasteiger partial charge in [0.1, 0.15) is 0 Å². The summed E-state index contributed by atoms with van der Waals surface area (Å²) in [5.74, 6) is 0.121. The summed E-state index contributed by atoms with van der Waals surface area (Å²) in [6, 6.07) is 7.82. The molecule has 0 saturated carbocycles. The largest absolute Gasteiger partial charge is 0.350 e. The molecular formula is C18H22N2O3S. The maximum Gasteiger partial charge on any atom is 0.246 e. The van der Waals surface area contributed by atoms with Crippen LogP contribution in [0.2, 0.25) is 0 Å². The molecule has 0 aliphatic carbocycles. The third-order valence-corrected chi connectivity index (χ3v) is 6.36. The molecule has 1 aliphatic heterocycles. The van der Waals surface area contributed by atoms with Crippen LogP contribution in [0.5, 0.6) is 0 Å². The van der Waals surface area contributed by atoms with Gasteiger partial charge in [0, 0.05) is 48.4 Å². The zero-order valence-corrected chi connectivity index (χ0v) is 14.8. The first-order chi connectivity index (χ1) is 11.4. The smallest absolute Gasteiger partial charge is 0.246 e. The minimum Gasteiger partial charge on any atom is -0.350 e. The van der Waals surface area contributed by atoms with Gasteiger partial charge < -0.3 is 9.47 Å². The van der Waals surface area contributed by atoms with Crippen molar-refractivity contribution >= 4 is 32.7 Å². The summed E-state index contributed by atoms with van der Waals surface area (Å²) in [6.45, 7) is 2.40. The Balaban J connectivity index is 1.81. The fraction of sp³-hybridized carbons (Fsp3) is 0.389. The number of carbonyl (C=O) groups excluding carboxylic acids is 1. The minimum atomic E-state index is -3.00. The quantitative estimate of drug-likeness (QED) is 0.798. The van der Waals surface area contributed by atoms with Crippen LogP contribution in [0.25, 0.3) is 17.0 Å². The van der Waals surface area contributed by atoms with E-state index in [1.165, 1.54) is 0 Å². The molecule has 1 aromatic heterocycles. The number of aromatic nitrogens is 1. The Morgan fingerprint density at radius 2 is 2.12 bits per heavy atom. The number of rotatable bonds is 4. The van der Waals surface area contributed by atoms with Crippen LogP contribution in [0.3, 0.4) is 0 Å². The fourth-order valence-corrected chi connectivity index (χ4v) is 5.11. The SMILES string of the molecule is CCN(C(=O)/C=C/c1cn(C)c2ccccc12)C1CCS(=O)(=O)C1. The second-order valence-corrected chi connectivity index (χ2v) is 8.46. The molecule has 2 aromatic rings. The molecule has 1 aromatic carbocycles. The lowest BCUT2D eigenvalue weighted by Gasteiger charge is -2.25. The Morgan fingerprint density at radius 3 is 2.79 bits per heavy atom. The number of hydrogen-bond donors (Lipinski definition) is 0. The van der Waals surface area contributed by atoms with Gasteiger partial charge in [-0.05, 0) is 25.5 Å². The summed E-state index contributed by atoms with van der Waals surface area (Å²) in [5, 5.41) is 1.09. The Labute approximate surface area is 142 Å². The molecule has 3 rings (SSSR count). The van der Waals surface area contributed by atoms with Crippen molar-refractivity contribution in [1.29, 1.82) is 0 Å². The maximum atomic E-state index is 12.5. The molecule has 5 nitrogen and oxygen atoms in total. The van der Waals surface area contributed by atoms with E-state index in [4.69, 9.17) is 0 Å². The van der Waals surface area contributed by atoms with E-state index in [9.17, 15) is 13.2 Å². The van der Waals surface area contributed by atoms with Crippen molar-refractivity contribution in [3.05, 3.63) is 42.1 Å². The molecule has 1 saturated heterocycles. The van der Waals surface area contributed by atoms with Gasteiger partial charge in [-0.15, -0.1) is 0 Å². The number of para-hydroxylation sites is 1. The maximum absolute atomic E-state index is 12.5. The van der Waals surface area contributed by atoms with Crippen molar-refractivity contribution in [3.63, 3.8) is 0 Å². The van der Waals surface area contributed by atoms with Crippen molar-refractivity contribution in [2.75, 3.05) is 18.1 Å². The molecule has 24 heavy (non-hydrogen) atoms. The van der Waals surface area contributed by atoms with E-state index in [1.54, 1.807) is 11.0 Å². The topological polar surface area (TPSA) is 59.4 Å². The molecule has 1 fully saturated rings. The van der Waals surface area contributed by atoms with Crippen LogP contribution in [-0.4, -0.2) is 47.9 Å². The first-order valence-electron chi connectivity index (χ1n) is 8.14. The summed E-state index contributed by atoms with van der Waals surface area (Å²) >= 11 is 0. The third kappa shape index (κ3) is 3.24. The number of nitrogens with zero attached hydrogens (tertiary/aromatic N) is 2.